The second kappa shape index (κ2) is 7.12. The summed E-state index contributed by atoms with van der Waals surface area (Å²) in [7, 11) is 1.68. The molecule has 1 aromatic carbocycles. The molecule has 0 bridgehead atoms. The molecule has 1 heterocycles. The van der Waals surface area contributed by atoms with Crippen molar-refractivity contribution in [1.29, 1.82) is 0 Å². The molecular formula is C14H19NO2S2. The van der Waals surface area contributed by atoms with Gasteiger partial charge in [-0.05, 0) is 24.6 Å². The summed E-state index contributed by atoms with van der Waals surface area (Å²) in [4.78, 5) is 2.23. The Balaban J connectivity index is 1.91. The van der Waals surface area contributed by atoms with E-state index in [1.54, 1.807) is 18.9 Å². The van der Waals surface area contributed by atoms with Crippen molar-refractivity contribution in [3.8, 4) is 5.75 Å². The Hall–Kier alpha value is -0.780. The summed E-state index contributed by atoms with van der Waals surface area (Å²) >= 11 is 7.24. The van der Waals surface area contributed by atoms with Gasteiger partial charge in [0, 0.05) is 18.3 Å². The fraction of sp³-hybridized carbons (Fsp3) is 0.500. The van der Waals surface area contributed by atoms with Crippen LogP contribution < -0.4 is 4.74 Å². The van der Waals surface area contributed by atoms with Gasteiger partial charge in [-0.15, -0.1) is 0 Å². The van der Waals surface area contributed by atoms with Crippen molar-refractivity contribution in [1.82, 2.24) is 4.90 Å². The summed E-state index contributed by atoms with van der Waals surface area (Å²) in [5, 5.41) is 0.348. The minimum absolute atomic E-state index is 0.348. The lowest BCUT2D eigenvalue weighted by Gasteiger charge is -2.29. The number of benzene rings is 1. The van der Waals surface area contributed by atoms with Gasteiger partial charge in [0.25, 0.3) is 0 Å². The molecule has 2 rings (SSSR count). The van der Waals surface area contributed by atoms with Gasteiger partial charge in [0.2, 0.25) is 0 Å². The van der Waals surface area contributed by atoms with E-state index in [0.29, 0.717) is 5.25 Å². The first-order chi connectivity index (χ1) is 9.20. The minimum Gasteiger partial charge on any atom is -0.497 e. The predicted molar refractivity (Wildman–Crippen MR) is 84.0 cm³/mol. The molecule has 1 aliphatic heterocycles. The van der Waals surface area contributed by atoms with Crippen LogP contribution in [0.2, 0.25) is 0 Å². The highest BCUT2D eigenvalue weighted by atomic mass is 32.2. The van der Waals surface area contributed by atoms with Crippen molar-refractivity contribution in [2.45, 2.75) is 12.2 Å². The second-order valence-electron chi connectivity index (χ2n) is 4.40. The molecule has 5 heteroatoms. The summed E-state index contributed by atoms with van der Waals surface area (Å²) in [5.41, 5.74) is 1.27. The Morgan fingerprint density at radius 3 is 2.53 bits per heavy atom. The van der Waals surface area contributed by atoms with Crippen molar-refractivity contribution < 1.29 is 9.47 Å². The second-order valence-corrected chi connectivity index (χ2v) is 6.37. The van der Waals surface area contributed by atoms with E-state index in [9.17, 15) is 0 Å². The SMILES string of the molecule is COc1ccc(C(C)SC(=S)N2CCOCC2)cc1. The molecule has 1 unspecified atom stereocenters. The van der Waals surface area contributed by atoms with Gasteiger partial charge >= 0.3 is 0 Å². The van der Waals surface area contributed by atoms with Crippen LogP contribution in [0.5, 0.6) is 5.75 Å². The van der Waals surface area contributed by atoms with Crippen LogP contribution in [0.1, 0.15) is 17.7 Å². The molecule has 0 saturated carbocycles. The Bertz CT molecular complexity index is 416. The Morgan fingerprint density at radius 2 is 1.95 bits per heavy atom. The fourth-order valence-electron chi connectivity index (χ4n) is 1.91. The lowest BCUT2D eigenvalue weighted by Crippen LogP contribution is -2.38. The van der Waals surface area contributed by atoms with Crippen LogP contribution in [-0.2, 0) is 4.74 Å². The number of morpholine rings is 1. The van der Waals surface area contributed by atoms with Gasteiger partial charge < -0.3 is 14.4 Å². The molecule has 0 radical (unpaired) electrons. The first kappa shape index (κ1) is 14.6. The van der Waals surface area contributed by atoms with Crippen LogP contribution in [0.4, 0.5) is 0 Å². The number of ether oxygens (including phenoxy) is 2. The van der Waals surface area contributed by atoms with E-state index < -0.39 is 0 Å². The zero-order valence-electron chi connectivity index (χ0n) is 11.3. The number of methoxy groups -OCH3 is 1. The van der Waals surface area contributed by atoms with Crippen molar-refractivity contribution in [2.75, 3.05) is 33.4 Å². The third-order valence-electron chi connectivity index (χ3n) is 3.13. The zero-order valence-corrected chi connectivity index (χ0v) is 12.9. The predicted octanol–water partition coefficient (Wildman–Crippen LogP) is 3.11. The summed E-state index contributed by atoms with van der Waals surface area (Å²) < 4.78 is 11.5. The normalized spacial score (nSPS) is 17.1. The topological polar surface area (TPSA) is 21.7 Å². The zero-order chi connectivity index (χ0) is 13.7. The number of rotatable bonds is 3. The third kappa shape index (κ3) is 4.09. The average Bonchev–Trinajstić information content (AvgIpc) is 2.48. The van der Waals surface area contributed by atoms with Gasteiger partial charge in [0.05, 0.1) is 20.3 Å². The molecular weight excluding hydrogens is 278 g/mol. The van der Waals surface area contributed by atoms with E-state index in [1.807, 2.05) is 12.1 Å². The highest BCUT2D eigenvalue weighted by molar-refractivity contribution is 8.23. The quantitative estimate of drug-likeness (QED) is 0.797. The standard InChI is InChI=1S/C14H19NO2S2/c1-11(12-3-5-13(16-2)6-4-12)19-14(18)15-7-9-17-10-8-15/h3-6,11H,7-10H2,1-2H3. The van der Waals surface area contributed by atoms with Gasteiger partial charge in [0.15, 0.2) is 0 Å². The van der Waals surface area contributed by atoms with Crippen LogP contribution >= 0.6 is 24.0 Å². The molecule has 0 aliphatic carbocycles. The van der Waals surface area contributed by atoms with Crippen LogP contribution in [0.15, 0.2) is 24.3 Å². The highest BCUT2D eigenvalue weighted by Gasteiger charge is 2.17. The molecule has 104 valence electrons. The maximum absolute atomic E-state index is 5.51. The molecule has 1 aromatic rings. The number of nitrogens with zero attached hydrogens (tertiary/aromatic N) is 1. The molecule has 3 nitrogen and oxygen atoms in total. The van der Waals surface area contributed by atoms with E-state index in [2.05, 4.69) is 24.0 Å². The minimum atomic E-state index is 0.348. The number of hydrogen-bond donors (Lipinski definition) is 0. The molecule has 0 N–H and O–H groups in total. The Labute approximate surface area is 124 Å². The molecule has 1 fully saturated rings. The van der Waals surface area contributed by atoms with Gasteiger partial charge in [-0.25, -0.2) is 0 Å². The molecule has 19 heavy (non-hydrogen) atoms. The van der Waals surface area contributed by atoms with Crippen LogP contribution in [0.25, 0.3) is 0 Å². The smallest absolute Gasteiger partial charge is 0.137 e. The van der Waals surface area contributed by atoms with Crippen molar-refractivity contribution in [2.24, 2.45) is 0 Å². The van der Waals surface area contributed by atoms with Gasteiger partial charge in [-0.1, -0.05) is 36.1 Å². The summed E-state index contributed by atoms with van der Waals surface area (Å²) in [6.07, 6.45) is 0. The summed E-state index contributed by atoms with van der Waals surface area (Å²) in [5.74, 6) is 0.886. The van der Waals surface area contributed by atoms with Crippen molar-refractivity contribution in [3.63, 3.8) is 0 Å². The van der Waals surface area contributed by atoms with Gasteiger partial charge in [0.1, 0.15) is 10.1 Å². The maximum Gasteiger partial charge on any atom is 0.137 e. The van der Waals surface area contributed by atoms with Crippen LogP contribution in [0.3, 0.4) is 0 Å². The average molecular weight is 297 g/mol. The van der Waals surface area contributed by atoms with E-state index in [1.165, 1.54) is 5.56 Å². The Kier molecular flexibility index (Phi) is 5.48. The first-order valence-electron chi connectivity index (χ1n) is 6.38. The largest absolute Gasteiger partial charge is 0.497 e. The van der Waals surface area contributed by atoms with Crippen LogP contribution in [0, 0.1) is 0 Å². The molecule has 1 atom stereocenters. The maximum atomic E-state index is 5.51. The van der Waals surface area contributed by atoms with Crippen molar-refractivity contribution in [3.05, 3.63) is 29.8 Å². The van der Waals surface area contributed by atoms with E-state index >= 15 is 0 Å². The van der Waals surface area contributed by atoms with Crippen molar-refractivity contribution >= 4 is 28.3 Å². The van der Waals surface area contributed by atoms with E-state index in [0.717, 1.165) is 36.4 Å². The molecule has 0 spiro atoms. The number of thiocarbonyl (C=S) groups is 1. The number of thioether (sulfide) groups is 1. The molecule has 1 aliphatic rings. The summed E-state index contributed by atoms with van der Waals surface area (Å²) in [6.45, 7) is 5.54. The van der Waals surface area contributed by atoms with E-state index in [-0.39, 0.29) is 0 Å². The molecule has 1 saturated heterocycles. The molecule has 0 amide bonds. The third-order valence-corrected chi connectivity index (χ3v) is 4.76. The first-order valence-corrected chi connectivity index (χ1v) is 7.67. The van der Waals surface area contributed by atoms with E-state index in [4.69, 9.17) is 21.7 Å². The lowest BCUT2D eigenvalue weighted by molar-refractivity contribution is 0.0702. The highest BCUT2D eigenvalue weighted by Crippen LogP contribution is 2.31. The Morgan fingerprint density at radius 1 is 1.32 bits per heavy atom. The van der Waals surface area contributed by atoms with Gasteiger partial charge in [-0.2, -0.15) is 0 Å². The lowest BCUT2D eigenvalue weighted by atomic mass is 10.2. The van der Waals surface area contributed by atoms with Crippen LogP contribution in [-0.4, -0.2) is 42.6 Å². The fourth-order valence-corrected chi connectivity index (χ4v) is 3.46. The summed E-state index contributed by atoms with van der Waals surface area (Å²) in [6, 6.07) is 8.17. The monoisotopic (exact) mass is 297 g/mol. The molecule has 0 aromatic heterocycles. The number of hydrogen-bond acceptors (Lipinski definition) is 4. The van der Waals surface area contributed by atoms with Gasteiger partial charge in [-0.3, -0.25) is 0 Å².